The number of carbonyl (C=O) groups excluding carboxylic acids is 1. The van der Waals surface area contributed by atoms with E-state index in [1.165, 1.54) is 26.4 Å². The van der Waals surface area contributed by atoms with Gasteiger partial charge in [0.2, 0.25) is 15.7 Å². The number of rotatable bonds is 8. The summed E-state index contributed by atoms with van der Waals surface area (Å²) in [5, 5.41) is 2.82. The van der Waals surface area contributed by atoms with Crippen LogP contribution in [0.3, 0.4) is 0 Å². The van der Waals surface area contributed by atoms with Gasteiger partial charge < -0.3 is 19.8 Å². The first-order valence-electron chi connectivity index (χ1n) is 8.99. The van der Waals surface area contributed by atoms with Crippen molar-refractivity contribution in [3.8, 4) is 11.5 Å². The molecular weight excluding hydrogens is 522 g/mol. The van der Waals surface area contributed by atoms with E-state index in [9.17, 15) is 18.0 Å². The number of anilines is 1. The molecule has 1 amide bonds. The number of hydrogen-bond acceptors (Lipinski definition) is 8. The van der Waals surface area contributed by atoms with Gasteiger partial charge in [-0.3, -0.25) is 9.59 Å². The second-order valence-electron chi connectivity index (χ2n) is 6.25. The van der Waals surface area contributed by atoms with E-state index in [1.54, 1.807) is 30.3 Å². The highest BCUT2D eigenvalue weighted by Gasteiger charge is 2.22. The van der Waals surface area contributed by atoms with Crippen LogP contribution in [0, 0.1) is 0 Å². The molecule has 1 aromatic heterocycles. The number of sulfone groups is 1. The number of thioether (sulfide) groups is 1. The van der Waals surface area contributed by atoms with Crippen molar-refractivity contribution in [1.82, 2.24) is 9.97 Å². The maximum Gasteiger partial charge on any atom is 0.270 e. The average Bonchev–Trinajstić information content (AvgIpc) is 2.77. The van der Waals surface area contributed by atoms with Gasteiger partial charge in [0.1, 0.15) is 0 Å². The Kier molecular flexibility index (Phi) is 7.59. The Morgan fingerprint density at radius 1 is 1.12 bits per heavy atom. The number of H-pyrrole nitrogens is 1. The van der Waals surface area contributed by atoms with Crippen LogP contribution in [0.25, 0.3) is 0 Å². The zero-order valence-electron chi connectivity index (χ0n) is 16.9. The predicted octanol–water partition coefficient (Wildman–Crippen LogP) is 3.11. The molecule has 0 radical (unpaired) electrons. The molecule has 168 valence electrons. The van der Waals surface area contributed by atoms with Gasteiger partial charge in [-0.05, 0) is 36.4 Å². The minimum Gasteiger partial charge on any atom is -0.493 e. The fraction of sp³-hybridized carbons (Fsp3) is 0.150. The summed E-state index contributed by atoms with van der Waals surface area (Å²) in [6, 6.07) is 10.8. The molecule has 0 bridgehead atoms. The van der Waals surface area contributed by atoms with Gasteiger partial charge in [-0.1, -0.05) is 27.7 Å². The third kappa shape index (κ3) is 5.50. The first-order chi connectivity index (χ1) is 15.2. The summed E-state index contributed by atoms with van der Waals surface area (Å²) in [7, 11) is -1.03. The number of hydrogen-bond donors (Lipinski definition) is 2. The summed E-state index contributed by atoms with van der Waals surface area (Å²) in [5.74, 6) is 0.582. The minimum atomic E-state index is -4.03. The predicted molar refractivity (Wildman–Crippen MR) is 123 cm³/mol. The van der Waals surface area contributed by atoms with Crippen molar-refractivity contribution < 1.29 is 22.7 Å². The van der Waals surface area contributed by atoms with Crippen molar-refractivity contribution in [2.45, 2.75) is 14.9 Å². The highest BCUT2D eigenvalue weighted by Crippen LogP contribution is 2.30. The largest absolute Gasteiger partial charge is 0.493 e. The quantitative estimate of drug-likeness (QED) is 0.330. The van der Waals surface area contributed by atoms with E-state index >= 15 is 0 Å². The van der Waals surface area contributed by atoms with E-state index in [0.29, 0.717) is 21.7 Å². The zero-order valence-corrected chi connectivity index (χ0v) is 20.1. The molecule has 0 aliphatic carbocycles. The number of methoxy groups -OCH3 is 2. The van der Waals surface area contributed by atoms with Gasteiger partial charge in [0, 0.05) is 16.2 Å². The molecular formula is C20H18BrN3O6S2. The monoisotopic (exact) mass is 539 g/mol. The van der Waals surface area contributed by atoms with Gasteiger partial charge in [-0.25, -0.2) is 13.4 Å². The molecule has 3 aromatic rings. The van der Waals surface area contributed by atoms with Crippen molar-refractivity contribution in [1.29, 1.82) is 0 Å². The number of halogens is 1. The second-order valence-corrected chi connectivity index (χ2v) is 10.0. The number of nitrogens with one attached hydrogen (secondary N) is 2. The summed E-state index contributed by atoms with van der Waals surface area (Å²) in [6.45, 7) is 0. The Labute approximate surface area is 196 Å². The first kappa shape index (κ1) is 23.8. The van der Waals surface area contributed by atoms with Gasteiger partial charge in [0.25, 0.3) is 5.56 Å². The van der Waals surface area contributed by atoms with Crippen LogP contribution in [0.15, 0.2) is 72.9 Å². The Bertz CT molecular complexity index is 1290. The molecule has 32 heavy (non-hydrogen) atoms. The van der Waals surface area contributed by atoms with Crippen molar-refractivity contribution in [2.24, 2.45) is 0 Å². The van der Waals surface area contributed by atoms with Crippen molar-refractivity contribution in [3.63, 3.8) is 0 Å². The van der Waals surface area contributed by atoms with Crippen molar-refractivity contribution in [3.05, 3.63) is 63.5 Å². The third-order valence-corrected chi connectivity index (χ3v) is 7.34. The lowest BCUT2D eigenvalue weighted by molar-refractivity contribution is -0.113. The Hall–Kier alpha value is -2.83. The summed E-state index contributed by atoms with van der Waals surface area (Å²) >= 11 is 4.19. The van der Waals surface area contributed by atoms with Crippen LogP contribution in [0.2, 0.25) is 0 Å². The highest BCUT2D eigenvalue weighted by molar-refractivity contribution is 9.10. The van der Waals surface area contributed by atoms with Crippen LogP contribution in [0.4, 0.5) is 5.69 Å². The summed E-state index contributed by atoms with van der Waals surface area (Å²) in [6.07, 6.45) is 0.991. The molecule has 1 heterocycles. The SMILES string of the molecule is COc1ccc(NC(=O)CSc2ncc(S(=O)(=O)c3ccc(Br)cc3)c(=O)[nH]2)cc1OC. The third-order valence-electron chi connectivity index (χ3n) is 4.16. The van der Waals surface area contributed by atoms with Gasteiger partial charge in [0.05, 0.1) is 31.1 Å². The van der Waals surface area contributed by atoms with E-state index in [4.69, 9.17) is 9.47 Å². The number of benzene rings is 2. The maximum atomic E-state index is 12.7. The molecule has 0 aliphatic rings. The maximum absolute atomic E-state index is 12.7. The Balaban J connectivity index is 1.68. The molecule has 0 aliphatic heterocycles. The number of aromatic amines is 1. The second kappa shape index (κ2) is 10.2. The highest BCUT2D eigenvalue weighted by atomic mass is 79.9. The zero-order chi connectivity index (χ0) is 23.3. The van der Waals surface area contributed by atoms with Crippen LogP contribution in [0.5, 0.6) is 11.5 Å². The average molecular weight is 540 g/mol. The topological polar surface area (TPSA) is 127 Å². The molecule has 0 fully saturated rings. The minimum absolute atomic E-state index is 0.0253. The normalized spacial score (nSPS) is 11.1. The van der Waals surface area contributed by atoms with Gasteiger partial charge in [-0.2, -0.15) is 0 Å². The molecule has 3 rings (SSSR count). The lowest BCUT2D eigenvalue weighted by Crippen LogP contribution is -2.20. The molecule has 0 unspecified atom stereocenters. The number of nitrogens with zero attached hydrogens (tertiary/aromatic N) is 1. The summed E-state index contributed by atoms with van der Waals surface area (Å²) in [5.41, 5.74) is -0.309. The standard InChI is InChI=1S/C20H18BrN3O6S2/c1-29-15-8-5-13(9-16(15)30-2)23-18(25)11-31-20-22-10-17(19(26)24-20)32(27,28)14-6-3-12(21)4-7-14/h3-10H,11H2,1-2H3,(H,23,25)(H,22,24,26). The molecule has 0 saturated carbocycles. The summed E-state index contributed by atoms with van der Waals surface area (Å²) < 4.78 is 36.4. The molecule has 2 aromatic carbocycles. The fourth-order valence-corrected chi connectivity index (χ4v) is 4.75. The lowest BCUT2D eigenvalue weighted by atomic mass is 10.2. The Morgan fingerprint density at radius 2 is 1.81 bits per heavy atom. The van der Waals surface area contributed by atoms with E-state index in [1.807, 2.05) is 0 Å². The number of carbonyl (C=O) groups is 1. The van der Waals surface area contributed by atoms with Crippen LogP contribution in [-0.4, -0.2) is 44.3 Å². The molecule has 9 nitrogen and oxygen atoms in total. The molecule has 0 spiro atoms. The molecule has 0 atom stereocenters. The van der Waals surface area contributed by atoms with Gasteiger partial charge in [0.15, 0.2) is 21.6 Å². The van der Waals surface area contributed by atoms with Gasteiger partial charge in [-0.15, -0.1) is 0 Å². The van der Waals surface area contributed by atoms with Crippen LogP contribution in [-0.2, 0) is 14.6 Å². The van der Waals surface area contributed by atoms with Crippen LogP contribution in [0.1, 0.15) is 0 Å². The van der Waals surface area contributed by atoms with Crippen molar-refractivity contribution >= 4 is 49.1 Å². The lowest BCUT2D eigenvalue weighted by Gasteiger charge is -2.10. The van der Waals surface area contributed by atoms with E-state index in [0.717, 1.165) is 18.0 Å². The number of amides is 1. The summed E-state index contributed by atoms with van der Waals surface area (Å²) in [4.78, 5) is 30.5. The van der Waals surface area contributed by atoms with E-state index < -0.39 is 20.3 Å². The van der Waals surface area contributed by atoms with Crippen molar-refractivity contribution in [2.75, 3.05) is 25.3 Å². The van der Waals surface area contributed by atoms with E-state index in [-0.39, 0.29) is 21.7 Å². The first-order valence-corrected chi connectivity index (χ1v) is 12.3. The van der Waals surface area contributed by atoms with Gasteiger partial charge >= 0.3 is 0 Å². The smallest absolute Gasteiger partial charge is 0.270 e. The molecule has 0 saturated heterocycles. The van der Waals surface area contributed by atoms with Crippen LogP contribution >= 0.6 is 27.7 Å². The molecule has 2 N–H and O–H groups in total. The van der Waals surface area contributed by atoms with E-state index in [2.05, 4.69) is 31.2 Å². The number of aromatic nitrogens is 2. The Morgan fingerprint density at radius 3 is 2.44 bits per heavy atom. The number of ether oxygens (including phenoxy) is 2. The fourth-order valence-electron chi connectivity index (χ4n) is 2.62. The van der Waals surface area contributed by atoms with Crippen LogP contribution < -0.4 is 20.3 Å². The molecule has 12 heteroatoms.